The number of hydrogen-bond donors (Lipinski definition) is 2. The predicted molar refractivity (Wildman–Crippen MR) is 92.4 cm³/mol. The third-order valence-corrected chi connectivity index (χ3v) is 5.68. The Kier molecular flexibility index (Phi) is 4.71. The Balaban J connectivity index is 1.53. The van der Waals surface area contributed by atoms with Crippen molar-refractivity contribution in [1.82, 2.24) is 20.0 Å². The molecule has 1 saturated heterocycles. The van der Waals surface area contributed by atoms with Gasteiger partial charge in [0, 0.05) is 37.2 Å². The van der Waals surface area contributed by atoms with Crippen LogP contribution >= 0.6 is 0 Å². The highest BCUT2D eigenvalue weighted by Crippen LogP contribution is 2.52. The second-order valence-corrected chi connectivity index (χ2v) is 8.15. The van der Waals surface area contributed by atoms with Gasteiger partial charge in [-0.2, -0.15) is 5.10 Å². The number of likely N-dealkylation sites (tertiary alicyclic amines) is 1. The lowest BCUT2D eigenvalue weighted by molar-refractivity contribution is -0.122. The zero-order valence-corrected chi connectivity index (χ0v) is 15.2. The number of aromatic nitrogens is 2. The first kappa shape index (κ1) is 17.4. The van der Waals surface area contributed by atoms with Crippen molar-refractivity contribution in [1.29, 1.82) is 0 Å². The van der Waals surface area contributed by atoms with Crippen LogP contribution in [-0.4, -0.2) is 57.5 Å². The number of aryl methyl sites for hydroxylation is 2. The number of rotatable bonds is 5. The second kappa shape index (κ2) is 6.48. The number of aliphatic hydroxyl groups is 1. The molecule has 2 N–H and O–H groups in total. The summed E-state index contributed by atoms with van der Waals surface area (Å²) in [6.45, 7) is 8.06. The first-order valence-corrected chi connectivity index (χ1v) is 8.97. The van der Waals surface area contributed by atoms with Gasteiger partial charge < -0.3 is 15.3 Å². The minimum Gasteiger partial charge on any atom is -0.391 e. The maximum absolute atomic E-state index is 12.2. The maximum Gasteiger partial charge on any atom is 0.222 e. The zero-order valence-electron chi connectivity index (χ0n) is 15.2. The lowest BCUT2D eigenvalue weighted by Gasteiger charge is -2.57. The first-order chi connectivity index (χ1) is 11.3. The van der Waals surface area contributed by atoms with E-state index in [0.717, 1.165) is 24.9 Å². The molecular weight excluding hydrogens is 304 g/mol. The lowest BCUT2D eigenvalue weighted by atomic mass is 9.66. The van der Waals surface area contributed by atoms with Crippen molar-refractivity contribution in [2.45, 2.75) is 64.8 Å². The zero-order chi connectivity index (χ0) is 17.5. The van der Waals surface area contributed by atoms with Crippen LogP contribution in [-0.2, 0) is 11.3 Å². The highest BCUT2D eigenvalue weighted by molar-refractivity contribution is 5.76. The van der Waals surface area contributed by atoms with E-state index >= 15 is 0 Å². The van der Waals surface area contributed by atoms with Gasteiger partial charge in [-0.1, -0.05) is 13.8 Å². The summed E-state index contributed by atoms with van der Waals surface area (Å²) in [6.07, 6.45) is 5.37. The van der Waals surface area contributed by atoms with E-state index in [0.29, 0.717) is 24.9 Å². The molecule has 0 radical (unpaired) electrons. The number of nitrogens with zero attached hydrogens (tertiary/aromatic N) is 3. The molecule has 6 nitrogen and oxygen atoms in total. The Hall–Kier alpha value is -1.40. The van der Waals surface area contributed by atoms with Crippen LogP contribution in [0, 0.1) is 18.3 Å². The second-order valence-electron chi connectivity index (χ2n) is 8.15. The monoisotopic (exact) mass is 334 g/mol. The lowest BCUT2D eigenvalue weighted by Crippen LogP contribution is -2.64. The molecule has 2 unspecified atom stereocenters. The number of amides is 1. The molecule has 134 valence electrons. The molecule has 6 heteroatoms. The van der Waals surface area contributed by atoms with Crippen LogP contribution in [0.4, 0.5) is 0 Å². The van der Waals surface area contributed by atoms with E-state index in [1.165, 1.54) is 0 Å². The van der Waals surface area contributed by atoms with Gasteiger partial charge in [0.2, 0.25) is 5.91 Å². The Labute approximate surface area is 144 Å². The first-order valence-electron chi connectivity index (χ1n) is 8.97. The minimum atomic E-state index is -0.434. The number of hydrogen-bond acceptors (Lipinski definition) is 4. The van der Waals surface area contributed by atoms with Gasteiger partial charge in [0.1, 0.15) is 0 Å². The summed E-state index contributed by atoms with van der Waals surface area (Å²) >= 11 is 0. The molecule has 1 amide bonds. The molecule has 3 rings (SSSR count). The Bertz CT molecular complexity index is 595. The minimum absolute atomic E-state index is 0.00183. The Morgan fingerprint density at radius 3 is 2.83 bits per heavy atom. The van der Waals surface area contributed by atoms with Crippen LogP contribution in [0.15, 0.2) is 12.4 Å². The molecule has 24 heavy (non-hydrogen) atoms. The molecule has 0 bridgehead atoms. The van der Waals surface area contributed by atoms with Crippen molar-refractivity contribution >= 4 is 5.91 Å². The Morgan fingerprint density at radius 1 is 1.50 bits per heavy atom. The number of carbonyl (C=O) groups excluding carboxylic acids is 1. The third kappa shape index (κ3) is 3.22. The molecule has 4 atom stereocenters. The molecule has 2 heterocycles. The van der Waals surface area contributed by atoms with E-state index in [2.05, 4.69) is 36.2 Å². The molecule has 1 aliphatic heterocycles. The fraction of sp³-hybridized carbons (Fsp3) is 0.778. The van der Waals surface area contributed by atoms with Gasteiger partial charge >= 0.3 is 0 Å². The van der Waals surface area contributed by atoms with E-state index in [1.54, 1.807) is 10.9 Å². The summed E-state index contributed by atoms with van der Waals surface area (Å²) in [5.41, 5.74) is 1.26. The highest BCUT2D eigenvalue weighted by atomic mass is 16.3. The Morgan fingerprint density at radius 2 is 2.25 bits per heavy atom. The van der Waals surface area contributed by atoms with Crippen LogP contribution < -0.4 is 5.32 Å². The van der Waals surface area contributed by atoms with Crippen LogP contribution in [0.3, 0.4) is 0 Å². The average molecular weight is 334 g/mol. The van der Waals surface area contributed by atoms with Crippen molar-refractivity contribution in [2.75, 3.05) is 13.6 Å². The largest absolute Gasteiger partial charge is 0.391 e. The van der Waals surface area contributed by atoms with Gasteiger partial charge in [-0.05, 0) is 38.3 Å². The molecular formula is C18H30N4O2. The SMILES string of the molecule is Cc1cnn(CCC(=O)N[C@@H]2CC3(C[C@H]2O)CN(C)C3C(C)C)c1. The van der Waals surface area contributed by atoms with Crippen LogP contribution in [0.5, 0.6) is 0 Å². The summed E-state index contributed by atoms with van der Waals surface area (Å²) in [5, 5.41) is 17.7. The van der Waals surface area contributed by atoms with Crippen LogP contribution in [0.1, 0.15) is 38.7 Å². The van der Waals surface area contributed by atoms with E-state index in [4.69, 9.17) is 0 Å². The molecule has 1 aromatic heterocycles. The maximum atomic E-state index is 12.2. The summed E-state index contributed by atoms with van der Waals surface area (Å²) in [4.78, 5) is 14.6. The van der Waals surface area contributed by atoms with Crippen molar-refractivity contribution in [3.63, 3.8) is 0 Å². The average Bonchev–Trinajstić information content (AvgIpc) is 3.01. The van der Waals surface area contributed by atoms with E-state index in [-0.39, 0.29) is 17.4 Å². The number of carbonyl (C=O) groups is 1. The van der Waals surface area contributed by atoms with E-state index in [9.17, 15) is 9.90 Å². The standard InChI is InChI=1S/C18H30N4O2/c1-12(2)17-18(11-21(17)4)7-14(15(23)8-18)20-16(24)5-6-22-10-13(3)9-19-22/h9-10,12,14-15,17,23H,5-8,11H2,1-4H3,(H,20,24)/t14-,15-,17?,18?/m1/s1. The van der Waals surface area contributed by atoms with Crippen molar-refractivity contribution in [3.8, 4) is 0 Å². The molecule has 2 aliphatic rings. The van der Waals surface area contributed by atoms with Crippen LogP contribution in [0.2, 0.25) is 0 Å². The summed E-state index contributed by atoms with van der Waals surface area (Å²) in [6, 6.07) is 0.382. The van der Waals surface area contributed by atoms with Crippen molar-refractivity contribution < 1.29 is 9.90 Å². The topological polar surface area (TPSA) is 70.4 Å². The van der Waals surface area contributed by atoms with Gasteiger partial charge in [-0.25, -0.2) is 0 Å². The molecule has 1 aromatic rings. The normalized spacial score (nSPS) is 33.2. The molecule has 1 spiro atoms. The van der Waals surface area contributed by atoms with Gasteiger partial charge in [-0.3, -0.25) is 9.48 Å². The fourth-order valence-electron chi connectivity index (χ4n) is 5.08. The summed E-state index contributed by atoms with van der Waals surface area (Å²) < 4.78 is 1.79. The van der Waals surface area contributed by atoms with Crippen molar-refractivity contribution in [2.24, 2.45) is 11.3 Å². The van der Waals surface area contributed by atoms with Crippen LogP contribution in [0.25, 0.3) is 0 Å². The van der Waals surface area contributed by atoms with Gasteiger partial charge in [0.15, 0.2) is 0 Å². The smallest absolute Gasteiger partial charge is 0.222 e. The van der Waals surface area contributed by atoms with Crippen molar-refractivity contribution in [3.05, 3.63) is 18.0 Å². The van der Waals surface area contributed by atoms with E-state index < -0.39 is 6.10 Å². The molecule has 2 fully saturated rings. The highest BCUT2D eigenvalue weighted by Gasteiger charge is 2.58. The number of aliphatic hydroxyl groups excluding tert-OH is 1. The molecule has 1 saturated carbocycles. The quantitative estimate of drug-likeness (QED) is 0.848. The predicted octanol–water partition coefficient (Wildman–Crippen LogP) is 1.18. The summed E-state index contributed by atoms with van der Waals surface area (Å²) in [5.74, 6) is 0.562. The molecule has 0 aromatic carbocycles. The van der Waals surface area contributed by atoms with E-state index in [1.807, 2.05) is 13.1 Å². The molecule has 1 aliphatic carbocycles. The summed E-state index contributed by atoms with van der Waals surface area (Å²) in [7, 11) is 2.15. The van der Waals surface area contributed by atoms with Gasteiger partial charge in [0.05, 0.1) is 18.3 Å². The fourth-order valence-corrected chi connectivity index (χ4v) is 5.08. The van der Waals surface area contributed by atoms with Gasteiger partial charge in [-0.15, -0.1) is 0 Å². The number of nitrogens with one attached hydrogen (secondary N) is 1. The van der Waals surface area contributed by atoms with Gasteiger partial charge in [0.25, 0.3) is 0 Å². The third-order valence-electron chi connectivity index (χ3n) is 5.68.